The molecule has 7 heteroatoms. The second-order valence-corrected chi connectivity index (χ2v) is 7.15. The molecule has 6 nitrogen and oxygen atoms in total. The molecule has 0 unspecified atom stereocenters. The number of likely N-dealkylation sites (tertiary alicyclic amines) is 1. The molecule has 1 aromatic rings. The zero-order valence-corrected chi connectivity index (χ0v) is 14.9. The zero-order valence-electron chi connectivity index (χ0n) is 14.1. The van der Waals surface area contributed by atoms with Gasteiger partial charge in [-0.25, -0.2) is 4.98 Å². The van der Waals surface area contributed by atoms with E-state index in [9.17, 15) is 9.59 Å². The monoisotopic (exact) mass is 338 g/mol. The van der Waals surface area contributed by atoms with Crippen LogP contribution < -0.4 is 5.73 Å². The quantitative estimate of drug-likeness (QED) is 0.846. The van der Waals surface area contributed by atoms with E-state index < -0.39 is 0 Å². The van der Waals surface area contributed by atoms with E-state index in [-0.39, 0.29) is 23.8 Å². The predicted molar refractivity (Wildman–Crippen MR) is 90.9 cm³/mol. The smallest absolute Gasteiger partial charge is 0.239 e. The van der Waals surface area contributed by atoms with Gasteiger partial charge in [-0.1, -0.05) is 6.92 Å². The molecule has 2 atom stereocenters. The van der Waals surface area contributed by atoms with Crippen LogP contribution in [0.3, 0.4) is 0 Å². The van der Waals surface area contributed by atoms with Crippen LogP contribution in [0.4, 0.5) is 0 Å². The van der Waals surface area contributed by atoms with Crippen molar-refractivity contribution in [1.82, 2.24) is 14.8 Å². The fourth-order valence-electron chi connectivity index (χ4n) is 2.84. The van der Waals surface area contributed by atoms with Crippen molar-refractivity contribution in [3.05, 3.63) is 16.1 Å². The number of carbonyl (C=O) groups excluding carboxylic acids is 2. The number of primary amides is 1. The Morgan fingerprint density at radius 3 is 2.91 bits per heavy atom. The number of hydrogen-bond acceptors (Lipinski definition) is 5. The number of carbonyl (C=O) groups is 2. The standard InChI is InChI=1S/C16H26N4O2S/c1-4-14-18-13(10-23-14)9-19(3)11(2)16(22)20-7-5-6-12(8-20)15(17)21/h10-12H,4-9H2,1-3H3,(H2,17,21)/t11-,12-/m0/s1. The minimum absolute atomic E-state index is 0.0596. The molecule has 1 saturated heterocycles. The average Bonchev–Trinajstić information content (AvgIpc) is 3.01. The predicted octanol–water partition coefficient (Wildman–Crippen LogP) is 1.25. The molecule has 0 spiro atoms. The van der Waals surface area contributed by atoms with Gasteiger partial charge in [0.1, 0.15) is 0 Å². The maximum atomic E-state index is 12.7. The summed E-state index contributed by atoms with van der Waals surface area (Å²) >= 11 is 1.66. The fraction of sp³-hybridized carbons (Fsp3) is 0.688. The van der Waals surface area contributed by atoms with E-state index in [1.54, 1.807) is 16.2 Å². The number of aromatic nitrogens is 1. The highest BCUT2D eigenvalue weighted by Crippen LogP contribution is 2.19. The summed E-state index contributed by atoms with van der Waals surface area (Å²) in [6, 6.07) is -0.242. The first-order chi connectivity index (χ1) is 10.9. The Kier molecular flexibility index (Phi) is 6.12. The van der Waals surface area contributed by atoms with Crippen LogP contribution in [0.1, 0.15) is 37.4 Å². The lowest BCUT2D eigenvalue weighted by Crippen LogP contribution is -2.50. The summed E-state index contributed by atoms with van der Waals surface area (Å²) in [6.45, 7) is 5.80. The van der Waals surface area contributed by atoms with Crippen molar-refractivity contribution < 1.29 is 9.59 Å². The van der Waals surface area contributed by atoms with Crippen molar-refractivity contribution in [3.8, 4) is 0 Å². The largest absolute Gasteiger partial charge is 0.369 e. The summed E-state index contributed by atoms with van der Waals surface area (Å²) in [5.41, 5.74) is 6.39. The summed E-state index contributed by atoms with van der Waals surface area (Å²) in [6.07, 6.45) is 2.55. The third-order valence-corrected chi connectivity index (χ3v) is 5.51. The molecule has 128 valence electrons. The Morgan fingerprint density at radius 2 is 2.30 bits per heavy atom. The van der Waals surface area contributed by atoms with Gasteiger partial charge in [0.05, 0.1) is 22.7 Å². The van der Waals surface area contributed by atoms with Gasteiger partial charge in [0.25, 0.3) is 0 Å². The number of nitrogens with two attached hydrogens (primary N) is 1. The SMILES string of the molecule is CCc1nc(CN(C)[C@@H](C)C(=O)N2CCC[C@H](C(N)=O)C2)cs1. The number of amides is 2. The molecule has 2 rings (SSSR count). The van der Waals surface area contributed by atoms with E-state index in [1.165, 1.54) is 0 Å². The molecule has 0 radical (unpaired) electrons. The molecule has 0 aromatic carbocycles. The van der Waals surface area contributed by atoms with Crippen LogP contribution in [0.5, 0.6) is 0 Å². The van der Waals surface area contributed by atoms with Gasteiger partial charge in [-0.15, -0.1) is 11.3 Å². The summed E-state index contributed by atoms with van der Waals surface area (Å²) < 4.78 is 0. The summed E-state index contributed by atoms with van der Waals surface area (Å²) in [5, 5.41) is 3.17. The molecule has 0 bridgehead atoms. The van der Waals surface area contributed by atoms with E-state index in [4.69, 9.17) is 5.73 Å². The fourth-order valence-corrected chi connectivity index (χ4v) is 3.57. The van der Waals surface area contributed by atoms with E-state index in [1.807, 2.05) is 18.9 Å². The first-order valence-electron chi connectivity index (χ1n) is 8.14. The molecular formula is C16H26N4O2S. The van der Waals surface area contributed by atoms with Crippen LogP contribution in [0.15, 0.2) is 5.38 Å². The van der Waals surface area contributed by atoms with Gasteiger partial charge in [-0.3, -0.25) is 14.5 Å². The summed E-state index contributed by atoms with van der Waals surface area (Å²) in [5.74, 6) is -0.460. The van der Waals surface area contributed by atoms with Gasteiger partial charge >= 0.3 is 0 Å². The normalized spacial score (nSPS) is 19.8. The van der Waals surface area contributed by atoms with E-state index >= 15 is 0 Å². The van der Waals surface area contributed by atoms with Crippen LogP contribution in [0.2, 0.25) is 0 Å². The molecule has 2 N–H and O–H groups in total. The number of nitrogens with zero attached hydrogens (tertiary/aromatic N) is 3. The second-order valence-electron chi connectivity index (χ2n) is 6.20. The first kappa shape index (κ1) is 17.9. The highest BCUT2D eigenvalue weighted by Gasteiger charge is 2.30. The molecule has 2 heterocycles. The van der Waals surface area contributed by atoms with Crippen molar-refractivity contribution in [2.75, 3.05) is 20.1 Å². The number of hydrogen-bond donors (Lipinski definition) is 1. The summed E-state index contributed by atoms with van der Waals surface area (Å²) in [7, 11) is 1.93. The number of rotatable bonds is 6. The third kappa shape index (κ3) is 4.51. The van der Waals surface area contributed by atoms with Gasteiger partial charge in [0, 0.05) is 25.0 Å². The average molecular weight is 338 g/mol. The van der Waals surface area contributed by atoms with E-state index in [0.29, 0.717) is 19.6 Å². The third-order valence-electron chi connectivity index (χ3n) is 4.47. The molecule has 0 aliphatic carbocycles. The molecule has 23 heavy (non-hydrogen) atoms. The van der Waals surface area contributed by atoms with Crippen molar-refractivity contribution in [3.63, 3.8) is 0 Å². The summed E-state index contributed by atoms with van der Waals surface area (Å²) in [4.78, 5) is 32.4. The van der Waals surface area contributed by atoms with Crippen molar-refractivity contribution in [2.24, 2.45) is 11.7 Å². The van der Waals surface area contributed by atoms with Crippen molar-refractivity contribution in [2.45, 2.75) is 45.7 Å². The highest BCUT2D eigenvalue weighted by atomic mass is 32.1. The minimum atomic E-state index is -0.307. The molecule has 1 aromatic heterocycles. The molecular weight excluding hydrogens is 312 g/mol. The second kappa shape index (κ2) is 7.88. The molecule has 1 fully saturated rings. The van der Waals surface area contributed by atoms with Crippen molar-refractivity contribution >= 4 is 23.2 Å². The molecule has 1 aliphatic rings. The zero-order chi connectivity index (χ0) is 17.0. The maximum Gasteiger partial charge on any atom is 0.239 e. The Balaban J connectivity index is 1.93. The van der Waals surface area contributed by atoms with Crippen LogP contribution in [-0.4, -0.2) is 52.8 Å². The molecule has 1 aliphatic heterocycles. The van der Waals surface area contributed by atoms with E-state index in [2.05, 4.69) is 17.3 Å². The van der Waals surface area contributed by atoms with Crippen molar-refractivity contribution in [1.29, 1.82) is 0 Å². The molecule has 2 amide bonds. The Bertz CT molecular complexity index is 560. The molecule has 0 saturated carbocycles. The number of aryl methyl sites for hydroxylation is 1. The van der Waals surface area contributed by atoms with Gasteiger partial charge in [-0.05, 0) is 33.2 Å². The topological polar surface area (TPSA) is 79.5 Å². The van der Waals surface area contributed by atoms with Gasteiger partial charge in [0.15, 0.2) is 0 Å². The number of piperidine rings is 1. The number of thiazole rings is 1. The van der Waals surface area contributed by atoms with Gasteiger partial charge in [-0.2, -0.15) is 0 Å². The highest BCUT2D eigenvalue weighted by molar-refractivity contribution is 7.09. The first-order valence-corrected chi connectivity index (χ1v) is 9.02. The van der Waals surface area contributed by atoms with Crippen LogP contribution in [0.25, 0.3) is 0 Å². The van der Waals surface area contributed by atoms with E-state index in [0.717, 1.165) is 30.0 Å². The van der Waals surface area contributed by atoms with Gasteiger partial charge in [0.2, 0.25) is 11.8 Å². The maximum absolute atomic E-state index is 12.7. The lowest BCUT2D eigenvalue weighted by molar-refractivity contribution is -0.139. The lowest BCUT2D eigenvalue weighted by Gasteiger charge is -2.35. The Hall–Kier alpha value is -1.47. The Labute approximate surface area is 141 Å². The van der Waals surface area contributed by atoms with Crippen LogP contribution in [-0.2, 0) is 22.6 Å². The van der Waals surface area contributed by atoms with Gasteiger partial charge < -0.3 is 10.6 Å². The number of likely N-dealkylation sites (N-methyl/N-ethyl adjacent to an activating group) is 1. The van der Waals surface area contributed by atoms with Crippen LogP contribution in [0, 0.1) is 5.92 Å². The Morgan fingerprint density at radius 1 is 1.57 bits per heavy atom. The minimum Gasteiger partial charge on any atom is -0.369 e. The lowest BCUT2D eigenvalue weighted by atomic mass is 9.97. The van der Waals surface area contributed by atoms with Crippen LogP contribution >= 0.6 is 11.3 Å².